The van der Waals surface area contributed by atoms with E-state index in [-0.39, 0.29) is 5.82 Å². The Bertz CT molecular complexity index is 706. The van der Waals surface area contributed by atoms with Crippen LogP contribution < -0.4 is 0 Å². The third-order valence-electron chi connectivity index (χ3n) is 2.72. The Morgan fingerprint density at radius 1 is 1.00 bits per heavy atom. The summed E-state index contributed by atoms with van der Waals surface area (Å²) >= 11 is 5.04. The average Bonchev–Trinajstić information content (AvgIpc) is 2.89. The largest absolute Gasteiger partial charge is 0.236 e. The second-order valence-corrected chi connectivity index (χ2v) is 5.83. The lowest BCUT2D eigenvalue weighted by Gasteiger charge is -1.97. The van der Waals surface area contributed by atoms with E-state index in [4.69, 9.17) is 0 Å². The van der Waals surface area contributed by atoms with Gasteiger partial charge in [-0.3, -0.25) is 0 Å². The number of thiazole rings is 1. The van der Waals surface area contributed by atoms with E-state index in [9.17, 15) is 4.39 Å². The number of benzene rings is 2. The fourth-order valence-electron chi connectivity index (χ4n) is 1.78. The van der Waals surface area contributed by atoms with Crippen molar-refractivity contribution in [1.82, 2.24) is 4.98 Å². The number of halogens is 2. The van der Waals surface area contributed by atoms with E-state index in [0.29, 0.717) is 0 Å². The zero-order chi connectivity index (χ0) is 13.2. The molecule has 0 spiro atoms. The lowest BCUT2D eigenvalue weighted by molar-refractivity contribution is 0.628. The van der Waals surface area contributed by atoms with Crippen LogP contribution in [0, 0.1) is 5.82 Å². The molecule has 1 heterocycles. The van der Waals surface area contributed by atoms with E-state index in [1.807, 2.05) is 29.6 Å². The van der Waals surface area contributed by atoms with Gasteiger partial charge >= 0.3 is 0 Å². The van der Waals surface area contributed by atoms with Crippen molar-refractivity contribution in [3.63, 3.8) is 0 Å². The molecule has 0 unspecified atom stereocenters. The molecule has 19 heavy (non-hydrogen) atoms. The van der Waals surface area contributed by atoms with Crippen LogP contribution in [0.3, 0.4) is 0 Å². The molecule has 0 saturated carbocycles. The van der Waals surface area contributed by atoms with Crippen LogP contribution in [0.5, 0.6) is 0 Å². The molecule has 0 radical (unpaired) electrons. The summed E-state index contributed by atoms with van der Waals surface area (Å²) < 4.78 is 13.9. The molecule has 2 aromatic carbocycles. The van der Waals surface area contributed by atoms with Gasteiger partial charge in [-0.25, -0.2) is 9.37 Å². The van der Waals surface area contributed by atoms with Gasteiger partial charge in [0.1, 0.15) is 10.8 Å². The summed E-state index contributed by atoms with van der Waals surface area (Å²) in [6, 6.07) is 14.4. The minimum atomic E-state index is -0.230. The van der Waals surface area contributed by atoms with Crippen molar-refractivity contribution < 1.29 is 4.39 Å². The first-order valence-corrected chi connectivity index (χ1v) is 7.37. The SMILES string of the molecule is Fc1ccc(-c2csc(-c3cccc(Br)c3)n2)cc1. The topological polar surface area (TPSA) is 12.9 Å². The van der Waals surface area contributed by atoms with Crippen molar-refractivity contribution in [2.45, 2.75) is 0 Å². The summed E-state index contributed by atoms with van der Waals surface area (Å²) in [5.74, 6) is -0.230. The third kappa shape index (κ3) is 2.74. The van der Waals surface area contributed by atoms with Crippen molar-refractivity contribution in [3.8, 4) is 21.8 Å². The van der Waals surface area contributed by atoms with Crippen LogP contribution in [0.4, 0.5) is 4.39 Å². The number of hydrogen-bond acceptors (Lipinski definition) is 2. The van der Waals surface area contributed by atoms with Crippen molar-refractivity contribution in [2.24, 2.45) is 0 Å². The Labute approximate surface area is 122 Å². The molecule has 94 valence electrons. The minimum Gasteiger partial charge on any atom is -0.236 e. The molecule has 0 aliphatic heterocycles. The van der Waals surface area contributed by atoms with Gasteiger partial charge in [0.05, 0.1) is 5.69 Å². The third-order valence-corrected chi connectivity index (χ3v) is 4.10. The molecule has 0 fully saturated rings. The second-order valence-electron chi connectivity index (χ2n) is 4.06. The summed E-state index contributed by atoms with van der Waals surface area (Å²) in [5.41, 5.74) is 2.88. The maximum Gasteiger partial charge on any atom is 0.124 e. The first kappa shape index (κ1) is 12.5. The molecule has 1 aromatic heterocycles. The van der Waals surface area contributed by atoms with Gasteiger partial charge in [0.2, 0.25) is 0 Å². The summed E-state index contributed by atoms with van der Waals surface area (Å²) in [6.45, 7) is 0. The maximum absolute atomic E-state index is 12.9. The molecule has 0 bridgehead atoms. The van der Waals surface area contributed by atoms with E-state index in [0.717, 1.165) is 26.3 Å². The van der Waals surface area contributed by atoms with Gasteiger partial charge in [-0.05, 0) is 36.4 Å². The summed E-state index contributed by atoms with van der Waals surface area (Å²) in [5, 5.41) is 2.95. The maximum atomic E-state index is 12.9. The zero-order valence-corrected chi connectivity index (χ0v) is 12.2. The monoisotopic (exact) mass is 333 g/mol. The van der Waals surface area contributed by atoms with Crippen LogP contribution in [0.2, 0.25) is 0 Å². The average molecular weight is 334 g/mol. The van der Waals surface area contributed by atoms with Crippen LogP contribution in [0.15, 0.2) is 58.4 Å². The van der Waals surface area contributed by atoms with Crippen LogP contribution in [-0.2, 0) is 0 Å². The van der Waals surface area contributed by atoms with Crippen molar-refractivity contribution in [1.29, 1.82) is 0 Å². The van der Waals surface area contributed by atoms with Crippen LogP contribution in [0.1, 0.15) is 0 Å². The van der Waals surface area contributed by atoms with Gasteiger partial charge in [-0.2, -0.15) is 0 Å². The molecule has 0 N–H and O–H groups in total. The summed E-state index contributed by atoms with van der Waals surface area (Å²) in [7, 11) is 0. The normalized spacial score (nSPS) is 10.6. The van der Waals surface area contributed by atoms with E-state index in [2.05, 4.69) is 20.9 Å². The Hall–Kier alpha value is -1.52. The smallest absolute Gasteiger partial charge is 0.124 e. The molecule has 1 nitrogen and oxygen atoms in total. The molecule has 0 amide bonds. The quantitative estimate of drug-likeness (QED) is 0.613. The molecule has 0 aliphatic rings. The number of hydrogen-bond donors (Lipinski definition) is 0. The summed E-state index contributed by atoms with van der Waals surface area (Å²) in [4.78, 5) is 4.60. The van der Waals surface area contributed by atoms with Gasteiger partial charge < -0.3 is 0 Å². The van der Waals surface area contributed by atoms with E-state index >= 15 is 0 Å². The first-order valence-electron chi connectivity index (χ1n) is 5.70. The Kier molecular flexibility index (Phi) is 3.44. The fraction of sp³-hybridized carbons (Fsp3) is 0. The highest BCUT2D eigenvalue weighted by atomic mass is 79.9. The Balaban J connectivity index is 1.97. The number of rotatable bonds is 2. The molecule has 0 atom stereocenters. The van der Waals surface area contributed by atoms with Crippen LogP contribution >= 0.6 is 27.3 Å². The highest BCUT2D eigenvalue weighted by Gasteiger charge is 2.07. The van der Waals surface area contributed by atoms with Gasteiger partial charge in [0, 0.05) is 21.0 Å². The predicted octanol–water partition coefficient (Wildman–Crippen LogP) is 5.38. The van der Waals surface area contributed by atoms with Gasteiger partial charge in [-0.1, -0.05) is 28.1 Å². The van der Waals surface area contributed by atoms with E-state index in [1.54, 1.807) is 23.5 Å². The molecule has 3 rings (SSSR count). The molecule has 0 aliphatic carbocycles. The first-order chi connectivity index (χ1) is 9.22. The van der Waals surface area contributed by atoms with Crippen molar-refractivity contribution in [3.05, 3.63) is 64.2 Å². The highest BCUT2D eigenvalue weighted by Crippen LogP contribution is 2.30. The molecule has 4 heteroatoms. The lowest BCUT2D eigenvalue weighted by Crippen LogP contribution is -1.80. The molecular formula is C15H9BrFNS. The Morgan fingerprint density at radius 2 is 1.79 bits per heavy atom. The number of aromatic nitrogens is 1. The highest BCUT2D eigenvalue weighted by molar-refractivity contribution is 9.10. The van der Waals surface area contributed by atoms with Gasteiger partial charge in [0.25, 0.3) is 0 Å². The zero-order valence-electron chi connectivity index (χ0n) is 9.81. The van der Waals surface area contributed by atoms with E-state index in [1.165, 1.54) is 12.1 Å². The van der Waals surface area contributed by atoms with Crippen LogP contribution in [-0.4, -0.2) is 4.98 Å². The number of nitrogens with zero attached hydrogens (tertiary/aromatic N) is 1. The molecule has 3 aromatic rings. The molecule has 0 saturated heterocycles. The van der Waals surface area contributed by atoms with Crippen molar-refractivity contribution >= 4 is 27.3 Å². The van der Waals surface area contributed by atoms with Gasteiger partial charge in [0.15, 0.2) is 0 Å². The minimum absolute atomic E-state index is 0.230. The standard InChI is InChI=1S/C15H9BrFNS/c16-12-3-1-2-11(8-12)15-18-14(9-19-15)10-4-6-13(17)7-5-10/h1-9H. The van der Waals surface area contributed by atoms with Crippen LogP contribution in [0.25, 0.3) is 21.8 Å². The van der Waals surface area contributed by atoms with Crippen molar-refractivity contribution in [2.75, 3.05) is 0 Å². The van der Waals surface area contributed by atoms with E-state index < -0.39 is 0 Å². The Morgan fingerprint density at radius 3 is 2.53 bits per heavy atom. The second kappa shape index (κ2) is 5.23. The molecular weight excluding hydrogens is 325 g/mol. The summed E-state index contributed by atoms with van der Waals surface area (Å²) in [6.07, 6.45) is 0. The predicted molar refractivity (Wildman–Crippen MR) is 80.6 cm³/mol. The fourth-order valence-corrected chi connectivity index (χ4v) is 3.01. The van der Waals surface area contributed by atoms with Gasteiger partial charge in [-0.15, -0.1) is 11.3 Å². The lowest BCUT2D eigenvalue weighted by atomic mass is 10.2.